The molecule has 0 atom stereocenters. The first-order chi connectivity index (χ1) is 16.7. The number of aromatic nitrogens is 1. The zero-order valence-corrected chi connectivity index (χ0v) is 21.0. The van der Waals surface area contributed by atoms with Gasteiger partial charge in [0.05, 0.1) is 6.61 Å². The zero-order chi connectivity index (χ0) is 26.3. The molecular formula is C27H37F2N3O3. The Balaban J connectivity index is 0.000000762. The van der Waals surface area contributed by atoms with Crippen LogP contribution in [0.25, 0.3) is 5.57 Å². The van der Waals surface area contributed by atoms with Crippen LogP contribution in [0.15, 0.2) is 55.3 Å². The number of allylic oxidation sites excluding steroid dienone is 3. The number of halogens is 2. The second-order valence-corrected chi connectivity index (χ2v) is 7.70. The summed E-state index contributed by atoms with van der Waals surface area (Å²) in [5.74, 6) is 0.881. The van der Waals surface area contributed by atoms with Gasteiger partial charge in [-0.3, -0.25) is 4.79 Å². The van der Waals surface area contributed by atoms with Crippen molar-refractivity contribution in [3.8, 4) is 5.75 Å². The molecule has 6 nitrogen and oxygen atoms in total. The highest BCUT2D eigenvalue weighted by atomic mass is 19.3. The van der Waals surface area contributed by atoms with Gasteiger partial charge in [-0.1, -0.05) is 33.4 Å². The summed E-state index contributed by atoms with van der Waals surface area (Å²) in [5, 5.41) is 15.6. The Morgan fingerprint density at radius 3 is 2.37 bits per heavy atom. The summed E-state index contributed by atoms with van der Waals surface area (Å²) in [6.45, 7) is 10.6. The Hall–Kier alpha value is -3.26. The van der Waals surface area contributed by atoms with Crippen molar-refractivity contribution in [2.24, 2.45) is 0 Å². The first kappa shape index (κ1) is 29.8. The lowest BCUT2D eigenvalue weighted by Gasteiger charge is -2.18. The van der Waals surface area contributed by atoms with Crippen LogP contribution in [0.1, 0.15) is 58.9 Å². The molecule has 0 bridgehead atoms. The van der Waals surface area contributed by atoms with Gasteiger partial charge >= 0.3 is 6.11 Å². The number of nitrogens with zero attached hydrogens (tertiary/aromatic N) is 1. The van der Waals surface area contributed by atoms with Gasteiger partial charge in [-0.15, -0.1) is 0 Å². The normalized spacial score (nSPS) is 11.2. The van der Waals surface area contributed by atoms with Gasteiger partial charge in [-0.05, 0) is 61.2 Å². The average Bonchev–Trinajstić information content (AvgIpc) is 2.82. The van der Waals surface area contributed by atoms with Crippen molar-refractivity contribution >= 4 is 28.5 Å². The monoisotopic (exact) mass is 489 g/mol. The Labute approximate surface area is 207 Å². The Kier molecular flexibility index (Phi) is 13.3. The van der Waals surface area contributed by atoms with Crippen molar-refractivity contribution < 1.29 is 23.4 Å². The third-order valence-electron chi connectivity index (χ3n) is 4.67. The van der Waals surface area contributed by atoms with Crippen LogP contribution in [0.3, 0.4) is 0 Å². The highest BCUT2D eigenvalue weighted by molar-refractivity contribution is 5.88. The van der Waals surface area contributed by atoms with E-state index in [0.29, 0.717) is 31.4 Å². The number of alkyl halides is 2. The molecule has 0 saturated carbocycles. The number of aliphatic hydroxyl groups excluding tert-OH is 1. The van der Waals surface area contributed by atoms with Crippen LogP contribution in [-0.4, -0.2) is 35.1 Å². The molecule has 8 heteroatoms. The molecule has 0 aliphatic carbocycles. The van der Waals surface area contributed by atoms with E-state index < -0.39 is 6.11 Å². The second kappa shape index (κ2) is 15.6. The van der Waals surface area contributed by atoms with Gasteiger partial charge in [0.2, 0.25) is 0 Å². The fourth-order valence-corrected chi connectivity index (χ4v) is 3.19. The van der Waals surface area contributed by atoms with E-state index in [0.717, 1.165) is 36.1 Å². The smallest absolute Gasteiger partial charge is 0.394 e. The van der Waals surface area contributed by atoms with Crippen molar-refractivity contribution in [1.29, 1.82) is 0 Å². The summed E-state index contributed by atoms with van der Waals surface area (Å²) < 4.78 is 30.5. The second-order valence-electron chi connectivity index (χ2n) is 7.70. The number of carbonyl (C=O) groups excluding carboxylic acids is 1. The lowest BCUT2D eigenvalue weighted by molar-refractivity contribution is -0.158. The predicted molar refractivity (Wildman–Crippen MR) is 139 cm³/mol. The predicted octanol–water partition coefficient (Wildman–Crippen LogP) is 6.97. The van der Waals surface area contributed by atoms with Gasteiger partial charge < -0.3 is 20.5 Å². The molecule has 2 aromatic rings. The molecule has 1 heterocycles. The standard InChI is InChI=1S/C21H27F2N3O2.C6H10O/c1-4-6-15(5-2)19-18(24-13-14-27)11-12-25-20(19)26-16-7-9-17(10-8-16)28-21(3,22)23;1-3-5-6(7)4-2/h6-12,27H,4-5,13-14H2,1-3H3,(H2,24,25,26);4H,2-3,5H2,1H3/b15-6+;. The van der Waals surface area contributed by atoms with Crippen LogP contribution in [0.4, 0.5) is 26.0 Å². The highest BCUT2D eigenvalue weighted by Crippen LogP contribution is 2.34. The largest absolute Gasteiger partial charge is 0.433 e. The molecule has 1 aromatic heterocycles. The molecule has 0 unspecified atom stereocenters. The fourth-order valence-electron chi connectivity index (χ4n) is 3.19. The van der Waals surface area contributed by atoms with E-state index in [1.165, 1.54) is 18.2 Å². The number of ether oxygens (including phenoxy) is 1. The van der Waals surface area contributed by atoms with E-state index in [2.05, 4.69) is 46.9 Å². The summed E-state index contributed by atoms with van der Waals surface area (Å²) >= 11 is 0. The van der Waals surface area contributed by atoms with Crippen LogP contribution < -0.4 is 15.4 Å². The van der Waals surface area contributed by atoms with Gasteiger partial charge in [0, 0.05) is 43.0 Å². The Morgan fingerprint density at radius 2 is 1.89 bits per heavy atom. The minimum atomic E-state index is -3.22. The molecule has 0 fully saturated rings. The van der Waals surface area contributed by atoms with Crippen molar-refractivity contribution in [2.75, 3.05) is 23.8 Å². The minimum absolute atomic E-state index is 0.0208. The van der Waals surface area contributed by atoms with Crippen LogP contribution in [0.5, 0.6) is 5.75 Å². The Morgan fingerprint density at radius 1 is 1.20 bits per heavy atom. The fraction of sp³-hybridized carbons (Fsp3) is 0.407. The van der Waals surface area contributed by atoms with E-state index in [9.17, 15) is 13.6 Å². The first-order valence-electron chi connectivity index (χ1n) is 11.8. The molecule has 0 saturated heterocycles. The number of rotatable bonds is 13. The zero-order valence-electron chi connectivity index (χ0n) is 21.0. The number of benzene rings is 1. The summed E-state index contributed by atoms with van der Waals surface area (Å²) in [6, 6.07) is 8.16. The van der Waals surface area contributed by atoms with Gasteiger partial charge in [-0.2, -0.15) is 8.78 Å². The van der Waals surface area contributed by atoms with Gasteiger partial charge in [0.1, 0.15) is 11.6 Å². The highest BCUT2D eigenvalue weighted by Gasteiger charge is 2.23. The van der Waals surface area contributed by atoms with Gasteiger partial charge in [0.25, 0.3) is 0 Å². The van der Waals surface area contributed by atoms with Crippen molar-refractivity contribution in [2.45, 2.75) is 59.5 Å². The third kappa shape index (κ3) is 11.1. The molecule has 0 spiro atoms. The maximum absolute atomic E-state index is 13.0. The number of pyridine rings is 1. The summed E-state index contributed by atoms with van der Waals surface area (Å²) in [5.41, 5.74) is 3.63. The summed E-state index contributed by atoms with van der Waals surface area (Å²) in [6.07, 6.45) is 5.23. The number of aliphatic hydroxyl groups is 1. The average molecular weight is 490 g/mol. The molecule has 1 aromatic carbocycles. The maximum Gasteiger partial charge on any atom is 0.394 e. The van der Waals surface area contributed by atoms with Gasteiger partial charge in [0.15, 0.2) is 5.78 Å². The molecule has 0 radical (unpaired) electrons. The van der Waals surface area contributed by atoms with Gasteiger partial charge in [-0.25, -0.2) is 4.98 Å². The molecule has 192 valence electrons. The minimum Gasteiger partial charge on any atom is -0.433 e. The number of hydrogen-bond acceptors (Lipinski definition) is 6. The lowest BCUT2D eigenvalue weighted by atomic mass is 10.0. The summed E-state index contributed by atoms with van der Waals surface area (Å²) in [4.78, 5) is 14.8. The molecule has 0 aliphatic heterocycles. The third-order valence-corrected chi connectivity index (χ3v) is 4.67. The lowest BCUT2D eigenvalue weighted by Crippen LogP contribution is -2.18. The topological polar surface area (TPSA) is 83.5 Å². The van der Waals surface area contributed by atoms with E-state index in [4.69, 9.17) is 5.11 Å². The van der Waals surface area contributed by atoms with E-state index in [-0.39, 0.29) is 18.1 Å². The molecule has 2 rings (SSSR count). The Bertz CT molecular complexity index is 955. The molecule has 35 heavy (non-hydrogen) atoms. The van der Waals surface area contributed by atoms with Crippen LogP contribution >= 0.6 is 0 Å². The van der Waals surface area contributed by atoms with E-state index in [1.54, 1.807) is 18.3 Å². The van der Waals surface area contributed by atoms with Crippen LogP contribution in [0, 0.1) is 0 Å². The van der Waals surface area contributed by atoms with Crippen molar-refractivity contribution in [3.05, 3.63) is 60.8 Å². The number of nitrogens with one attached hydrogen (secondary N) is 2. The van der Waals surface area contributed by atoms with Crippen molar-refractivity contribution in [1.82, 2.24) is 4.98 Å². The molecule has 0 amide bonds. The quantitative estimate of drug-likeness (QED) is 0.264. The van der Waals surface area contributed by atoms with E-state index in [1.807, 2.05) is 13.0 Å². The number of anilines is 3. The van der Waals surface area contributed by atoms with Crippen molar-refractivity contribution in [3.63, 3.8) is 0 Å². The number of carbonyl (C=O) groups is 1. The molecule has 0 aliphatic rings. The SMILES string of the molecule is C=CC(=O)CCC.CC/C=C(\CC)c1c(NCCO)ccnc1Nc1ccc(OC(C)(F)F)cc1. The van der Waals surface area contributed by atoms with Crippen LogP contribution in [0.2, 0.25) is 0 Å². The van der Waals surface area contributed by atoms with Crippen LogP contribution in [-0.2, 0) is 4.79 Å². The summed E-state index contributed by atoms with van der Waals surface area (Å²) in [7, 11) is 0. The maximum atomic E-state index is 13.0. The number of hydrogen-bond donors (Lipinski definition) is 3. The molecular weight excluding hydrogens is 452 g/mol. The molecule has 3 N–H and O–H groups in total. The van der Waals surface area contributed by atoms with E-state index >= 15 is 0 Å². The number of ketones is 1. The first-order valence-corrected chi connectivity index (χ1v) is 11.8.